The fourth-order valence-electron chi connectivity index (χ4n) is 2.80. The van der Waals surface area contributed by atoms with Crippen molar-refractivity contribution in [3.05, 3.63) is 23.8 Å². The smallest absolute Gasteiger partial charge is 0.333 e. The van der Waals surface area contributed by atoms with E-state index in [0.29, 0.717) is 6.61 Å². The highest BCUT2D eigenvalue weighted by atomic mass is 16.5. The molecule has 0 aliphatic heterocycles. The van der Waals surface area contributed by atoms with Crippen LogP contribution in [0.4, 0.5) is 0 Å². The molecule has 0 aromatic heterocycles. The first-order chi connectivity index (χ1) is 14.0. The minimum absolute atomic E-state index is 0.173. The van der Waals surface area contributed by atoms with Gasteiger partial charge in [0.25, 0.3) is 0 Å². The third-order valence-corrected chi connectivity index (χ3v) is 4.59. The zero-order chi connectivity index (χ0) is 22.2. The predicted molar refractivity (Wildman–Crippen MR) is 123 cm³/mol. The van der Waals surface area contributed by atoms with Gasteiger partial charge >= 0.3 is 11.9 Å². The number of carboxylic acids is 1. The maximum Gasteiger partial charge on any atom is 0.333 e. The molecule has 0 radical (unpaired) electrons. The Hall–Kier alpha value is -1.58. The van der Waals surface area contributed by atoms with Crippen LogP contribution in [-0.2, 0) is 14.3 Å². The van der Waals surface area contributed by atoms with Gasteiger partial charge in [-0.2, -0.15) is 0 Å². The van der Waals surface area contributed by atoms with Gasteiger partial charge in [0.1, 0.15) is 0 Å². The molecule has 0 heterocycles. The number of allylic oxidation sites excluding steroid dienone is 2. The summed E-state index contributed by atoms with van der Waals surface area (Å²) in [6, 6.07) is 0. The molecule has 0 aliphatic carbocycles. The Kier molecular flexibility index (Phi) is 25.0. The van der Waals surface area contributed by atoms with E-state index in [4.69, 9.17) is 9.84 Å². The number of carboxylic acid groups (broad SMARTS) is 1. The van der Waals surface area contributed by atoms with Crippen LogP contribution in [0.1, 0.15) is 118 Å². The summed E-state index contributed by atoms with van der Waals surface area (Å²) in [4.78, 5) is 21.3. The van der Waals surface area contributed by atoms with Crippen molar-refractivity contribution in [2.75, 3.05) is 6.61 Å². The van der Waals surface area contributed by atoms with Crippen molar-refractivity contribution in [1.82, 2.24) is 0 Å². The van der Waals surface area contributed by atoms with Crippen molar-refractivity contribution in [2.45, 2.75) is 118 Å². The molecule has 0 rings (SSSR count). The first-order valence-corrected chi connectivity index (χ1v) is 11.7. The molecule has 0 bridgehead atoms. The summed E-state index contributed by atoms with van der Waals surface area (Å²) in [6.07, 6.45) is 22.2. The Morgan fingerprint density at radius 2 is 1.24 bits per heavy atom. The number of hydrogen-bond donors (Lipinski definition) is 1. The standard InChI is InChI=1S/C14H26O2.C11H20O2/c1-4-6-7-8-9-10-11-12-13(3)14(15)16-5-2;1-2-3-4-5-6-7-8-9-10-11(12)13/h12H,4-11H2,1-3H3;9-10H,2-8H2,1H3,(H,12,13). The average Bonchev–Trinajstić information content (AvgIpc) is 2.69. The van der Waals surface area contributed by atoms with Crippen LogP contribution in [0.2, 0.25) is 0 Å². The lowest BCUT2D eigenvalue weighted by molar-refractivity contribution is -0.138. The maximum absolute atomic E-state index is 11.3. The zero-order valence-corrected chi connectivity index (χ0v) is 19.5. The Balaban J connectivity index is 0. The van der Waals surface area contributed by atoms with Gasteiger partial charge in [0.15, 0.2) is 0 Å². The highest BCUT2D eigenvalue weighted by Gasteiger charge is 2.02. The van der Waals surface area contributed by atoms with Crippen molar-refractivity contribution in [2.24, 2.45) is 0 Å². The lowest BCUT2D eigenvalue weighted by Crippen LogP contribution is -2.04. The monoisotopic (exact) mass is 410 g/mol. The molecule has 0 aromatic rings. The van der Waals surface area contributed by atoms with E-state index >= 15 is 0 Å². The molecule has 0 fully saturated rings. The van der Waals surface area contributed by atoms with E-state index in [1.165, 1.54) is 76.7 Å². The van der Waals surface area contributed by atoms with Gasteiger partial charge in [-0.1, -0.05) is 90.2 Å². The lowest BCUT2D eigenvalue weighted by Gasteiger charge is -2.01. The van der Waals surface area contributed by atoms with E-state index in [0.717, 1.165) is 24.8 Å². The van der Waals surface area contributed by atoms with Crippen molar-refractivity contribution in [3.63, 3.8) is 0 Å². The predicted octanol–water partition coefficient (Wildman–Crippen LogP) is 7.62. The number of rotatable bonds is 17. The van der Waals surface area contributed by atoms with Crippen LogP contribution < -0.4 is 0 Å². The van der Waals surface area contributed by atoms with Crippen molar-refractivity contribution in [3.8, 4) is 0 Å². The summed E-state index contributed by atoms with van der Waals surface area (Å²) < 4.78 is 4.91. The SMILES string of the molecule is CCCCCCCCC=C(C)C(=O)OCC.CCCCCCCCC=CC(=O)O. The topological polar surface area (TPSA) is 63.6 Å². The van der Waals surface area contributed by atoms with Crippen LogP contribution in [0.25, 0.3) is 0 Å². The van der Waals surface area contributed by atoms with Crippen LogP contribution >= 0.6 is 0 Å². The van der Waals surface area contributed by atoms with E-state index in [9.17, 15) is 9.59 Å². The third-order valence-electron chi connectivity index (χ3n) is 4.59. The maximum atomic E-state index is 11.3. The van der Waals surface area contributed by atoms with Gasteiger partial charge in [0.05, 0.1) is 6.61 Å². The number of hydrogen-bond acceptors (Lipinski definition) is 3. The molecule has 4 nitrogen and oxygen atoms in total. The quantitative estimate of drug-likeness (QED) is 0.152. The molecule has 0 saturated carbocycles. The number of unbranched alkanes of at least 4 members (excludes halogenated alkanes) is 12. The van der Waals surface area contributed by atoms with Crippen LogP contribution in [0.3, 0.4) is 0 Å². The molecule has 0 aromatic carbocycles. The number of carbonyl (C=O) groups is 2. The highest BCUT2D eigenvalue weighted by Crippen LogP contribution is 2.09. The molecule has 0 atom stereocenters. The van der Waals surface area contributed by atoms with Gasteiger partial charge in [-0.15, -0.1) is 0 Å². The molecule has 0 unspecified atom stereocenters. The van der Waals surface area contributed by atoms with E-state index in [1.54, 1.807) is 6.08 Å². The Morgan fingerprint density at radius 1 is 0.759 bits per heavy atom. The van der Waals surface area contributed by atoms with Gasteiger partial charge in [0, 0.05) is 11.6 Å². The number of ether oxygens (including phenoxy) is 1. The first kappa shape index (κ1) is 29.6. The Labute approximate surface area is 179 Å². The Bertz CT molecular complexity index is 438. The second-order valence-electron chi connectivity index (χ2n) is 7.46. The molecule has 4 heteroatoms. The summed E-state index contributed by atoms with van der Waals surface area (Å²) in [7, 11) is 0. The molecular weight excluding hydrogens is 364 g/mol. The second-order valence-corrected chi connectivity index (χ2v) is 7.46. The molecule has 0 saturated heterocycles. The van der Waals surface area contributed by atoms with Gasteiger partial charge in [-0.25, -0.2) is 9.59 Å². The summed E-state index contributed by atoms with van der Waals surface area (Å²) in [5, 5.41) is 8.30. The van der Waals surface area contributed by atoms with Crippen molar-refractivity contribution < 1.29 is 19.4 Å². The van der Waals surface area contributed by atoms with Crippen molar-refractivity contribution in [1.29, 1.82) is 0 Å². The molecule has 1 N–H and O–H groups in total. The zero-order valence-electron chi connectivity index (χ0n) is 19.5. The van der Waals surface area contributed by atoms with Crippen LogP contribution in [0.15, 0.2) is 23.8 Å². The molecule has 170 valence electrons. The van der Waals surface area contributed by atoms with E-state index in [1.807, 2.05) is 19.9 Å². The lowest BCUT2D eigenvalue weighted by atomic mass is 10.1. The molecule has 29 heavy (non-hydrogen) atoms. The van der Waals surface area contributed by atoms with Gasteiger partial charge in [-0.3, -0.25) is 0 Å². The number of aliphatic carboxylic acids is 1. The van der Waals surface area contributed by atoms with Crippen molar-refractivity contribution >= 4 is 11.9 Å². The second kappa shape index (κ2) is 24.5. The fourth-order valence-corrected chi connectivity index (χ4v) is 2.80. The summed E-state index contributed by atoms with van der Waals surface area (Å²) >= 11 is 0. The normalized spacial score (nSPS) is 11.2. The molecule has 0 aliphatic rings. The first-order valence-electron chi connectivity index (χ1n) is 11.7. The molecule has 0 amide bonds. The minimum Gasteiger partial charge on any atom is -0.478 e. The van der Waals surface area contributed by atoms with E-state index in [2.05, 4.69) is 13.8 Å². The third kappa shape index (κ3) is 26.4. The van der Waals surface area contributed by atoms with Gasteiger partial charge < -0.3 is 9.84 Å². The van der Waals surface area contributed by atoms with Crippen LogP contribution in [-0.4, -0.2) is 23.7 Å². The van der Waals surface area contributed by atoms with E-state index in [-0.39, 0.29) is 5.97 Å². The molecule has 0 spiro atoms. The van der Waals surface area contributed by atoms with Gasteiger partial charge in [-0.05, 0) is 39.5 Å². The Morgan fingerprint density at radius 3 is 1.72 bits per heavy atom. The fraction of sp³-hybridized carbons (Fsp3) is 0.760. The van der Waals surface area contributed by atoms with Crippen LogP contribution in [0, 0.1) is 0 Å². The number of carbonyl (C=O) groups excluding carboxylic acids is 1. The summed E-state index contributed by atoms with van der Waals surface area (Å²) in [6.45, 7) is 8.55. The summed E-state index contributed by atoms with van der Waals surface area (Å²) in [5.41, 5.74) is 0.746. The highest BCUT2D eigenvalue weighted by molar-refractivity contribution is 5.87. The number of esters is 1. The van der Waals surface area contributed by atoms with Gasteiger partial charge in [0.2, 0.25) is 0 Å². The van der Waals surface area contributed by atoms with Crippen LogP contribution in [0.5, 0.6) is 0 Å². The largest absolute Gasteiger partial charge is 0.478 e. The summed E-state index contributed by atoms with van der Waals surface area (Å²) in [5.74, 6) is -1.01. The van der Waals surface area contributed by atoms with E-state index < -0.39 is 5.97 Å². The average molecular weight is 411 g/mol. The minimum atomic E-state index is -0.842. The molecular formula is C25H46O4.